The highest BCUT2D eigenvalue weighted by Crippen LogP contribution is 2.27. The Morgan fingerprint density at radius 1 is 1.00 bits per heavy atom. The molecule has 0 saturated carbocycles. The molecular weight excluding hydrogens is 287 g/mol. The summed E-state index contributed by atoms with van der Waals surface area (Å²) in [5.41, 5.74) is 2.97. The monoisotopic (exact) mass is 298 g/mol. The van der Waals surface area contributed by atoms with Crippen molar-refractivity contribution in [1.29, 1.82) is 0 Å². The number of hydrogen-bond acceptors (Lipinski definition) is 3. The second-order valence-corrected chi connectivity index (χ2v) is 5.66. The summed E-state index contributed by atoms with van der Waals surface area (Å²) in [4.78, 5) is 8.71. The van der Waals surface area contributed by atoms with Crippen LogP contribution in [-0.4, -0.2) is 9.97 Å². The second kappa shape index (κ2) is 5.91. The Morgan fingerprint density at radius 3 is 2.28 bits per heavy atom. The van der Waals surface area contributed by atoms with E-state index < -0.39 is 0 Å². The molecule has 0 spiro atoms. The number of rotatable bonds is 3. The lowest BCUT2D eigenvalue weighted by Crippen LogP contribution is -1.95. The third-order valence-corrected chi connectivity index (χ3v) is 4.19. The van der Waals surface area contributed by atoms with E-state index in [1.807, 2.05) is 38.1 Å². The maximum absolute atomic E-state index is 6.08. The molecular formula is C13H12Cl2N2S. The molecule has 1 aromatic heterocycles. The van der Waals surface area contributed by atoms with Crippen molar-refractivity contribution < 1.29 is 0 Å². The summed E-state index contributed by atoms with van der Waals surface area (Å²) in [5.74, 6) is 0.800. The lowest BCUT2D eigenvalue weighted by atomic mass is 10.2. The normalized spacial score (nSPS) is 10.7. The topological polar surface area (TPSA) is 25.8 Å². The summed E-state index contributed by atoms with van der Waals surface area (Å²) in [5, 5.41) is 1.99. The first-order valence-corrected chi connectivity index (χ1v) is 7.18. The molecule has 0 aliphatic carbocycles. The number of aryl methyl sites for hydroxylation is 2. The molecule has 2 nitrogen and oxygen atoms in total. The van der Waals surface area contributed by atoms with Gasteiger partial charge in [-0.3, -0.25) is 0 Å². The standard InChI is InChI=1S/C13H12Cl2N2S/c1-8-9(2)17-13(12(15)16-8)18-7-10-3-5-11(14)6-4-10/h3-6H,7H2,1-2H3. The van der Waals surface area contributed by atoms with Crippen LogP contribution >= 0.6 is 35.0 Å². The van der Waals surface area contributed by atoms with Gasteiger partial charge in [0.2, 0.25) is 0 Å². The predicted octanol–water partition coefficient (Wildman–Crippen LogP) is 4.69. The molecule has 94 valence electrons. The predicted molar refractivity (Wildman–Crippen MR) is 77.5 cm³/mol. The number of hydrogen-bond donors (Lipinski definition) is 0. The van der Waals surface area contributed by atoms with Gasteiger partial charge >= 0.3 is 0 Å². The third kappa shape index (κ3) is 3.37. The van der Waals surface area contributed by atoms with E-state index in [2.05, 4.69) is 9.97 Å². The van der Waals surface area contributed by atoms with E-state index in [1.54, 1.807) is 11.8 Å². The van der Waals surface area contributed by atoms with Crippen LogP contribution in [0.1, 0.15) is 17.0 Å². The van der Waals surface area contributed by atoms with Crippen LogP contribution < -0.4 is 0 Å². The van der Waals surface area contributed by atoms with Gasteiger partial charge in [0.05, 0.1) is 11.4 Å². The van der Waals surface area contributed by atoms with Gasteiger partial charge in [-0.1, -0.05) is 47.1 Å². The van der Waals surface area contributed by atoms with E-state index >= 15 is 0 Å². The van der Waals surface area contributed by atoms with Crippen LogP contribution in [0.5, 0.6) is 0 Å². The fourth-order valence-corrected chi connectivity index (χ4v) is 2.70. The molecule has 2 rings (SSSR count). The van der Waals surface area contributed by atoms with Gasteiger partial charge in [-0.2, -0.15) is 0 Å². The number of nitrogens with zero attached hydrogens (tertiary/aromatic N) is 2. The van der Waals surface area contributed by atoms with E-state index in [4.69, 9.17) is 23.2 Å². The lowest BCUT2D eigenvalue weighted by Gasteiger charge is -2.06. The lowest BCUT2D eigenvalue weighted by molar-refractivity contribution is 0.957. The molecule has 0 aliphatic heterocycles. The Hall–Kier alpha value is -0.770. The molecule has 0 N–H and O–H groups in total. The van der Waals surface area contributed by atoms with Crippen molar-refractivity contribution in [2.45, 2.75) is 24.6 Å². The van der Waals surface area contributed by atoms with Gasteiger partial charge in [0.1, 0.15) is 5.03 Å². The van der Waals surface area contributed by atoms with Crippen molar-refractivity contribution in [3.05, 3.63) is 51.4 Å². The van der Waals surface area contributed by atoms with Crippen molar-refractivity contribution in [3.8, 4) is 0 Å². The maximum atomic E-state index is 6.08. The van der Waals surface area contributed by atoms with Crippen LogP contribution in [0, 0.1) is 13.8 Å². The Labute approximate surface area is 121 Å². The SMILES string of the molecule is Cc1nc(Cl)c(SCc2ccc(Cl)cc2)nc1C. The number of halogens is 2. The average molecular weight is 299 g/mol. The van der Waals surface area contributed by atoms with Crippen LogP contribution in [0.15, 0.2) is 29.3 Å². The van der Waals surface area contributed by atoms with Crippen LogP contribution in [0.3, 0.4) is 0 Å². The smallest absolute Gasteiger partial charge is 0.161 e. The summed E-state index contributed by atoms with van der Waals surface area (Å²) < 4.78 is 0. The molecule has 0 aliphatic rings. The fraction of sp³-hybridized carbons (Fsp3) is 0.231. The van der Waals surface area contributed by atoms with E-state index in [-0.39, 0.29) is 0 Å². The number of benzene rings is 1. The zero-order valence-corrected chi connectivity index (χ0v) is 12.4. The first-order valence-electron chi connectivity index (χ1n) is 5.44. The minimum Gasteiger partial charge on any atom is -0.242 e. The summed E-state index contributed by atoms with van der Waals surface area (Å²) in [6, 6.07) is 7.76. The maximum Gasteiger partial charge on any atom is 0.161 e. The van der Waals surface area contributed by atoms with Crippen molar-refractivity contribution in [2.75, 3.05) is 0 Å². The Bertz CT molecular complexity index is 556. The van der Waals surface area contributed by atoms with Gasteiger partial charge in [-0.25, -0.2) is 9.97 Å². The van der Waals surface area contributed by atoms with E-state index in [9.17, 15) is 0 Å². The molecule has 0 saturated heterocycles. The number of aromatic nitrogens is 2. The largest absolute Gasteiger partial charge is 0.242 e. The van der Waals surface area contributed by atoms with Crippen molar-refractivity contribution >= 4 is 35.0 Å². The van der Waals surface area contributed by atoms with E-state index in [0.29, 0.717) is 5.15 Å². The molecule has 1 aromatic carbocycles. The average Bonchev–Trinajstić information content (AvgIpc) is 2.34. The van der Waals surface area contributed by atoms with Gasteiger partial charge in [0.15, 0.2) is 5.15 Å². The molecule has 0 bridgehead atoms. The minimum atomic E-state index is 0.470. The van der Waals surface area contributed by atoms with Crippen LogP contribution in [0.25, 0.3) is 0 Å². The van der Waals surface area contributed by atoms with Crippen LogP contribution in [-0.2, 0) is 5.75 Å². The summed E-state index contributed by atoms with van der Waals surface area (Å²) in [6.45, 7) is 3.84. The molecule has 0 unspecified atom stereocenters. The highest BCUT2D eigenvalue weighted by molar-refractivity contribution is 7.98. The van der Waals surface area contributed by atoms with E-state index in [0.717, 1.165) is 27.2 Å². The Balaban J connectivity index is 2.10. The van der Waals surface area contributed by atoms with Crippen LogP contribution in [0.4, 0.5) is 0 Å². The molecule has 5 heteroatoms. The van der Waals surface area contributed by atoms with Gasteiger partial charge < -0.3 is 0 Å². The summed E-state index contributed by atoms with van der Waals surface area (Å²) >= 11 is 13.5. The number of thioether (sulfide) groups is 1. The van der Waals surface area contributed by atoms with Crippen molar-refractivity contribution in [3.63, 3.8) is 0 Å². The summed E-state index contributed by atoms with van der Waals surface area (Å²) in [6.07, 6.45) is 0. The quantitative estimate of drug-likeness (QED) is 0.769. The molecule has 0 atom stereocenters. The molecule has 2 aromatic rings. The Kier molecular flexibility index (Phi) is 4.49. The molecule has 1 heterocycles. The minimum absolute atomic E-state index is 0.470. The van der Waals surface area contributed by atoms with Gasteiger partial charge in [-0.15, -0.1) is 0 Å². The zero-order valence-electron chi connectivity index (χ0n) is 10.1. The third-order valence-electron chi connectivity index (χ3n) is 2.52. The molecule has 0 radical (unpaired) electrons. The van der Waals surface area contributed by atoms with Gasteiger partial charge in [0.25, 0.3) is 0 Å². The van der Waals surface area contributed by atoms with E-state index in [1.165, 1.54) is 5.56 Å². The summed E-state index contributed by atoms with van der Waals surface area (Å²) in [7, 11) is 0. The van der Waals surface area contributed by atoms with Crippen molar-refractivity contribution in [1.82, 2.24) is 9.97 Å². The first kappa shape index (κ1) is 13.7. The first-order chi connectivity index (χ1) is 8.56. The molecule has 18 heavy (non-hydrogen) atoms. The fourth-order valence-electron chi connectivity index (χ4n) is 1.38. The highest BCUT2D eigenvalue weighted by Gasteiger charge is 2.07. The Morgan fingerprint density at radius 2 is 1.61 bits per heavy atom. The van der Waals surface area contributed by atoms with Crippen LogP contribution in [0.2, 0.25) is 10.2 Å². The van der Waals surface area contributed by atoms with Crippen molar-refractivity contribution in [2.24, 2.45) is 0 Å². The molecule has 0 fully saturated rings. The highest BCUT2D eigenvalue weighted by atomic mass is 35.5. The second-order valence-electron chi connectivity index (χ2n) is 3.91. The van der Waals surface area contributed by atoms with Gasteiger partial charge in [-0.05, 0) is 31.5 Å². The zero-order chi connectivity index (χ0) is 13.1. The van der Waals surface area contributed by atoms with Gasteiger partial charge in [0, 0.05) is 10.8 Å². The molecule has 0 amide bonds.